The monoisotopic (exact) mass is 240 g/mol. The van der Waals surface area contributed by atoms with E-state index in [-0.39, 0.29) is 11.8 Å². The molecule has 0 aromatic rings. The van der Waals surface area contributed by atoms with Crippen molar-refractivity contribution in [2.24, 2.45) is 11.8 Å². The molecule has 2 N–H and O–H groups in total. The standard InChI is InChI=1S/C14H28N2O/c1-4-12-7-5-6-8-13(12)15-9-10-16-14(17)11(2)3/h11-13,15H,4-10H2,1-3H3,(H,16,17). The Bertz CT molecular complexity index is 228. The molecule has 0 spiro atoms. The minimum Gasteiger partial charge on any atom is -0.355 e. The molecule has 100 valence electrons. The topological polar surface area (TPSA) is 41.1 Å². The van der Waals surface area contributed by atoms with Crippen LogP contribution in [0.4, 0.5) is 0 Å². The molecule has 0 aromatic carbocycles. The second-order valence-electron chi connectivity index (χ2n) is 5.46. The lowest BCUT2D eigenvalue weighted by Crippen LogP contribution is -2.42. The Morgan fingerprint density at radius 1 is 1.24 bits per heavy atom. The summed E-state index contributed by atoms with van der Waals surface area (Å²) in [5.74, 6) is 1.08. The highest BCUT2D eigenvalue weighted by atomic mass is 16.1. The number of carbonyl (C=O) groups excluding carboxylic acids is 1. The first-order valence-corrected chi connectivity index (χ1v) is 7.16. The fourth-order valence-electron chi connectivity index (χ4n) is 2.61. The Labute approximate surface area is 106 Å². The molecule has 1 saturated carbocycles. The van der Waals surface area contributed by atoms with Crippen molar-refractivity contribution in [1.29, 1.82) is 0 Å². The Balaban J connectivity index is 2.14. The molecule has 1 fully saturated rings. The van der Waals surface area contributed by atoms with Gasteiger partial charge in [0.15, 0.2) is 0 Å². The zero-order valence-electron chi connectivity index (χ0n) is 11.6. The van der Waals surface area contributed by atoms with Gasteiger partial charge in [-0.3, -0.25) is 4.79 Å². The molecule has 0 heterocycles. The first-order chi connectivity index (χ1) is 8.15. The average molecular weight is 240 g/mol. The second kappa shape index (κ2) is 7.70. The zero-order valence-corrected chi connectivity index (χ0v) is 11.6. The van der Waals surface area contributed by atoms with Crippen molar-refractivity contribution in [1.82, 2.24) is 10.6 Å². The minimum atomic E-state index is 0.0908. The number of rotatable bonds is 6. The van der Waals surface area contributed by atoms with Crippen molar-refractivity contribution in [2.45, 2.75) is 58.9 Å². The van der Waals surface area contributed by atoms with Crippen molar-refractivity contribution >= 4 is 5.91 Å². The first-order valence-electron chi connectivity index (χ1n) is 7.16. The van der Waals surface area contributed by atoms with Crippen LogP contribution in [0.15, 0.2) is 0 Å². The fraction of sp³-hybridized carbons (Fsp3) is 0.929. The van der Waals surface area contributed by atoms with Gasteiger partial charge in [0, 0.05) is 25.0 Å². The Morgan fingerprint density at radius 3 is 2.59 bits per heavy atom. The zero-order chi connectivity index (χ0) is 12.7. The van der Waals surface area contributed by atoms with Gasteiger partial charge in [0.2, 0.25) is 5.91 Å². The van der Waals surface area contributed by atoms with Gasteiger partial charge in [0.05, 0.1) is 0 Å². The maximum Gasteiger partial charge on any atom is 0.222 e. The van der Waals surface area contributed by atoms with Gasteiger partial charge < -0.3 is 10.6 Å². The van der Waals surface area contributed by atoms with E-state index in [0.29, 0.717) is 6.04 Å². The van der Waals surface area contributed by atoms with Gasteiger partial charge in [0.1, 0.15) is 0 Å². The van der Waals surface area contributed by atoms with Crippen LogP contribution in [-0.4, -0.2) is 25.0 Å². The summed E-state index contributed by atoms with van der Waals surface area (Å²) in [6.07, 6.45) is 6.69. The van der Waals surface area contributed by atoms with Crippen LogP contribution in [0.2, 0.25) is 0 Å². The molecule has 17 heavy (non-hydrogen) atoms. The van der Waals surface area contributed by atoms with E-state index in [1.165, 1.54) is 32.1 Å². The molecular weight excluding hydrogens is 212 g/mol. The number of nitrogens with one attached hydrogen (secondary N) is 2. The molecule has 1 aliphatic rings. The van der Waals surface area contributed by atoms with Crippen LogP contribution >= 0.6 is 0 Å². The molecule has 1 rings (SSSR count). The van der Waals surface area contributed by atoms with Crippen LogP contribution in [-0.2, 0) is 4.79 Å². The third kappa shape index (κ3) is 5.07. The summed E-state index contributed by atoms with van der Waals surface area (Å²) in [5.41, 5.74) is 0. The van der Waals surface area contributed by atoms with E-state index in [4.69, 9.17) is 0 Å². The molecule has 0 aromatic heterocycles. The fourth-order valence-corrected chi connectivity index (χ4v) is 2.61. The van der Waals surface area contributed by atoms with Crippen LogP contribution in [0.25, 0.3) is 0 Å². The van der Waals surface area contributed by atoms with E-state index in [0.717, 1.165) is 19.0 Å². The first kappa shape index (κ1) is 14.5. The Hall–Kier alpha value is -0.570. The van der Waals surface area contributed by atoms with Crippen LogP contribution in [0.5, 0.6) is 0 Å². The number of carbonyl (C=O) groups is 1. The number of amides is 1. The summed E-state index contributed by atoms with van der Waals surface area (Å²) in [6, 6.07) is 0.671. The summed E-state index contributed by atoms with van der Waals surface area (Å²) < 4.78 is 0. The molecule has 0 aliphatic heterocycles. The van der Waals surface area contributed by atoms with Gasteiger partial charge in [-0.2, -0.15) is 0 Å². The van der Waals surface area contributed by atoms with E-state index in [9.17, 15) is 4.79 Å². The van der Waals surface area contributed by atoms with Crippen molar-refractivity contribution < 1.29 is 4.79 Å². The largest absolute Gasteiger partial charge is 0.355 e. The summed E-state index contributed by atoms with van der Waals surface area (Å²) in [4.78, 5) is 11.4. The van der Waals surface area contributed by atoms with Crippen LogP contribution in [0, 0.1) is 11.8 Å². The number of hydrogen-bond acceptors (Lipinski definition) is 2. The highest BCUT2D eigenvalue weighted by Crippen LogP contribution is 2.26. The van der Waals surface area contributed by atoms with Crippen molar-refractivity contribution in [3.63, 3.8) is 0 Å². The van der Waals surface area contributed by atoms with Gasteiger partial charge in [-0.1, -0.05) is 40.0 Å². The van der Waals surface area contributed by atoms with Gasteiger partial charge in [0.25, 0.3) is 0 Å². The highest BCUT2D eigenvalue weighted by Gasteiger charge is 2.22. The van der Waals surface area contributed by atoms with E-state index >= 15 is 0 Å². The molecular formula is C14H28N2O. The quantitative estimate of drug-likeness (QED) is 0.700. The Morgan fingerprint density at radius 2 is 1.94 bits per heavy atom. The summed E-state index contributed by atoms with van der Waals surface area (Å²) in [5, 5.41) is 6.56. The van der Waals surface area contributed by atoms with Gasteiger partial charge in [-0.05, 0) is 18.8 Å². The smallest absolute Gasteiger partial charge is 0.222 e. The molecule has 1 amide bonds. The summed E-state index contributed by atoms with van der Waals surface area (Å²) in [7, 11) is 0. The molecule has 0 bridgehead atoms. The van der Waals surface area contributed by atoms with Gasteiger partial charge in [-0.15, -0.1) is 0 Å². The second-order valence-corrected chi connectivity index (χ2v) is 5.46. The molecule has 0 saturated heterocycles. The van der Waals surface area contributed by atoms with E-state index < -0.39 is 0 Å². The molecule has 0 radical (unpaired) electrons. The van der Waals surface area contributed by atoms with Crippen molar-refractivity contribution in [3.05, 3.63) is 0 Å². The molecule has 3 nitrogen and oxygen atoms in total. The van der Waals surface area contributed by atoms with Gasteiger partial charge >= 0.3 is 0 Å². The predicted molar refractivity (Wildman–Crippen MR) is 71.9 cm³/mol. The van der Waals surface area contributed by atoms with E-state index in [1.807, 2.05) is 13.8 Å². The van der Waals surface area contributed by atoms with Crippen LogP contribution in [0.1, 0.15) is 52.9 Å². The van der Waals surface area contributed by atoms with Crippen molar-refractivity contribution in [3.8, 4) is 0 Å². The lowest BCUT2D eigenvalue weighted by Gasteiger charge is -2.31. The van der Waals surface area contributed by atoms with E-state index in [1.54, 1.807) is 0 Å². The third-order valence-electron chi connectivity index (χ3n) is 3.79. The lowest BCUT2D eigenvalue weighted by atomic mass is 9.83. The lowest BCUT2D eigenvalue weighted by molar-refractivity contribution is -0.123. The van der Waals surface area contributed by atoms with Crippen LogP contribution in [0.3, 0.4) is 0 Å². The maximum atomic E-state index is 11.4. The maximum absolute atomic E-state index is 11.4. The predicted octanol–water partition coefficient (Wildman–Crippen LogP) is 2.32. The normalized spacial score (nSPS) is 24.9. The molecule has 2 unspecified atom stereocenters. The minimum absolute atomic E-state index is 0.0908. The highest BCUT2D eigenvalue weighted by molar-refractivity contribution is 5.77. The summed E-state index contributed by atoms with van der Waals surface area (Å²) >= 11 is 0. The Kier molecular flexibility index (Phi) is 6.56. The molecule has 3 heteroatoms. The van der Waals surface area contributed by atoms with E-state index in [2.05, 4.69) is 17.6 Å². The van der Waals surface area contributed by atoms with Gasteiger partial charge in [-0.25, -0.2) is 0 Å². The average Bonchev–Trinajstić information content (AvgIpc) is 2.34. The SMILES string of the molecule is CCC1CCCCC1NCCNC(=O)C(C)C. The van der Waals surface area contributed by atoms with Crippen LogP contribution < -0.4 is 10.6 Å². The van der Waals surface area contributed by atoms with Crippen molar-refractivity contribution in [2.75, 3.05) is 13.1 Å². The molecule has 1 aliphatic carbocycles. The summed E-state index contributed by atoms with van der Waals surface area (Å²) in [6.45, 7) is 7.79. The number of hydrogen-bond donors (Lipinski definition) is 2. The molecule has 2 atom stereocenters. The third-order valence-corrected chi connectivity index (χ3v) is 3.79.